The highest BCUT2D eigenvalue weighted by atomic mass is 16.5. The number of H-pyrrole nitrogens is 1. The van der Waals surface area contributed by atoms with E-state index in [1.807, 2.05) is 13.0 Å². The van der Waals surface area contributed by atoms with Crippen LogP contribution in [0, 0.1) is 11.3 Å². The number of ether oxygens (including phenoxy) is 1. The molecule has 1 saturated heterocycles. The van der Waals surface area contributed by atoms with Crippen LogP contribution in [-0.4, -0.2) is 23.0 Å². The molecular weight excluding hydrogens is 240 g/mol. The van der Waals surface area contributed by atoms with Gasteiger partial charge in [0.05, 0.1) is 11.6 Å². The van der Waals surface area contributed by atoms with E-state index < -0.39 is 5.60 Å². The third-order valence-electron chi connectivity index (χ3n) is 3.75. The number of carbonyl (C=O) groups excluding carboxylic acids is 1. The smallest absolute Gasteiger partial charge is 0.196 e. The zero-order valence-electron chi connectivity index (χ0n) is 10.7. The summed E-state index contributed by atoms with van der Waals surface area (Å²) in [7, 11) is 0. The van der Waals surface area contributed by atoms with E-state index in [2.05, 4.69) is 11.1 Å². The Hall–Kier alpha value is -2.12. The van der Waals surface area contributed by atoms with Crippen LogP contribution in [0.1, 0.15) is 35.7 Å². The van der Waals surface area contributed by atoms with Crippen LogP contribution in [0.2, 0.25) is 0 Å². The van der Waals surface area contributed by atoms with Crippen molar-refractivity contribution in [1.29, 1.82) is 5.26 Å². The lowest BCUT2D eigenvalue weighted by Gasteiger charge is -2.20. The molecule has 3 rings (SSSR count). The fraction of sp³-hybridized carbons (Fsp3) is 0.333. The number of ketones is 1. The van der Waals surface area contributed by atoms with Crippen molar-refractivity contribution in [3.8, 4) is 6.07 Å². The molecular formula is C15H14N2O2. The lowest BCUT2D eigenvalue weighted by atomic mass is 9.92. The Labute approximate surface area is 111 Å². The number of rotatable bonds is 2. The van der Waals surface area contributed by atoms with Crippen molar-refractivity contribution in [2.75, 3.05) is 6.61 Å². The summed E-state index contributed by atoms with van der Waals surface area (Å²) >= 11 is 0. The number of fused-ring (bicyclic) bond motifs is 1. The molecule has 0 saturated carbocycles. The molecule has 1 fully saturated rings. The molecule has 1 aliphatic rings. The molecule has 1 aromatic carbocycles. The van der Waals surface area contributed by atoms with E-state index in [1.165, 1.54) is 0 Å². The second-order valence-corrected chi connectivity index (χ2v) is 5.09. The number of benzene rings is 1. The summed E-state index contributed by atoms with van der Waals surface area (Å²) in [5.74, 6) is 0.0148. The van der Waals surface area contributed by atoms with E-state index in [0.29, 0.717) is 17.7 Å². The van der Waals surface area contributed by atoms with Crippen LogP contribution in [0.25, 0.3) is 10.9 Å². The average molecular weight is 254 g/mol. The molecule has 0 amide bonds. The van der Waals surface area contributed by atoms with Crippen LogP contribution in [-0.2, 0) is 4.74 Å². The highest BCUT2D eigenvalue weighted by Gasteiger charge is 2.39. The molecule has 19 heavy (non-hydrogen) atoms. The Morgan fingerprint density at radius 2 is 2.37 bits per heavy atom. The van der Waals surface area contributed by atoms with Crippen LogP contribution < -0.4 is 0 Å². The molecule has 0 spiro atoms. The lowest BCUT2D eigenvalue weighted by Crippen LogP contribution is -2.34. The van der Waals surface area contributed by atoms with Crippen molar-refractivity contribution in [3.05, 3.63) is 35.5 Å². The molecule has 4 nitrogen and oxygen atoms in total. The summed E-state index contributed by atoms with van der Waals surface area (Å²) in [6.45, 7) is 2.49. The minimum absolute atomic E-state index is 0.0148. The largest absolute Gasteiger partial charge is 0.367 e. The number of nitrogens with one attached hydrogen (secondary N) is 1. The molecule has 1 aromatic heterocycles. The van der Waals surface area contributed by atoms with Gasteiger partial charge in [-0.2, -0.15) is 5.26 Å². The third kappa shape index (κ3) is 1.83. The maximum atomic E-state index is 12.6. The number of hydrogen-bond donors (Lipinski definition) is 1. The molecule has 0 radical (unpaired) electrons. The van der Waals surface area contributed by atoms with Crippen molar-refractivity contribution in [1.82, 2.24) is 4.98 Å². The van der Waals surface area contributed by atoms with E-state index >= 15 is 0 Å². The summed E-state index contributed by atoms with van der Waals surface area (Å²) < 4.78 is 5.60. The summed E-state index contributed by atoms with van der Waals surface area (Å²) in [4.78, 5) is 15.6. The molecule has 2 heterocycles. The van der Waals surface area contributed by atoms with E-state index in [-0.39, 0.29) is 5.78 Å². The van der Waals surface area contributed by atoms with Crippen molar-refractivity contribution in [2.24, 2.45) is 0 Å². The van der Waals surface area contributed by atoms with Crippen LogP contribution in [0.4, 0.5) is 0 Å². The molecule has 0 bridgehead atoms. The molecule has 96 valence electrons. The molecule has 0 aliphatic carbocycles. The van der Waals surface area contributed by atoms with Gasteiger partial charge in [0.15, 0.2) is 5.78 Å². The van der Waals surface area contributed by atoms with Gasteiger partial charge in [-0.05, 0) is 31.9 Å². The number of nitrogens with zero attached hydrogens (tertiary/aromatic N) is 1. The molecule has 1 N–H and O–H groups in total. The third-order valence-corrected chi connectivity index (χ3v) is 3.75. The van der Waals surface area contributed by atoms with Gasteiger partial charge in [0.25, 0.3) is 0 Å². The molecule has 4 heteroatoms. The second kappa shape index (κ2) is 4.22. The normalized spacial score (nSPS) is 22.5. The first-order valence-corrected chi connectivity index (χ1v) is 6.34. The van der Waals surface area contributed by atoms with Gasteiger partial charge in [0, 0.05) is 29.3 Å². The van der Waals surface area contributed by atoms with E-state index in [9.17, 15) is 4.79 Å². The van der Waals surface area contributed by atoms with Crippen LogP contribution in [0.3, 0.4) is 0 Å². The van der Waals surface area contributed by atoms with Crippen LogP contribution >= 0.6 is 0 Å². The minimum atomic E-state index is -0.705. The Kier molecular flexibility index (Phi) is 2.65. The van der Waals surface area contributed by atoms with Gasteiger partial charge in [-0.3, -0.25) is 4.79 Å². The standard InChI is InChI=1S/C15H14N2O2/c1-15(5-2-6-19-15)14(18)12-9-17-13-7-10(8-16)3-4-11(12)13/h3-4,7,9,17H,2,5-6H2,1H3. The van der Waals surface area contributed by atoms with Crippen molar-refractivity contribution in [2.45, 2.75) is 25.4 Å². The Bertz CT molecular complexity index is 688. The van der Waals surface area contributed by atoms with Gasteiger partial charge in [-0.25, -0.2) is 0 Å². The van der Waals surface area contributed by atoms with Crippen molar-refractivity contribution in [3.63, 3.8) is 0 Å². The minimum Gasteiger partial charge on any atom is -0.367 e. The Balaban J connectivity index is 2.06. The molecule has 1 unspecified atom stereocenters. The number of nitriles is 1. The molecule has 1 atom stereocenters. The predicted octanol–water partition coefficient (Wildman–Crippen LogP) is 2.79. The number of aromatic amines is 1. The highest BCUT2D eigenvalue weighted by molar-refractivity contribution is 6.11. The predicted molar refractivity (Wildman–Crippen MR) is 70.9 cm³/mol. The average Bonchev–Trinajstić information content (AvgIpc) is 3.04. The van der Waals surface area contributed by atoms with Gasteiger partial charge in [0.1, 0.15) is 5.60 Å². The Morgan fingerprint density at radius 3 is 3.05 bits per heavy atom. The quantitative estimate of drug-likeness (QED) is 0.838. The van der Waals surface area contributed by atoms with Gasteiger partial charge >= 0.3 is 0 Å². The van der Waals surface area contributed by atoms with E-state index in [4.69, 9.17) is 10.00 Å². The zero-order chi connectivity index (χ0) is 13.5. The lowest BCUT2D eigenvalue weighted by molar-refractivity contribution is 0.0215. The number of aromatic nitrogens is 1. The van der Waals surface area contributed by atoms with Crippen LogP contribution in [0.5, 0.6) is 0 Å². The summed E-state index contributed by atoms with van der Waals surface area (Å²) in [6, 6.07) is 7.39. The monoisotopic (exact) mass is 254 g/mol. The summed E-state index contributed by atoms with van der Waals surface area (Å²) in [5.41, 5.74) is 1.33. The topological polar surface area (TPSA) is 65.9 Å². The molecule has 2 aromatic rings. The number of carbonyl (C=O) groups is 1. The van der Waals surface area contributed by atoms with Crippen LogP contribution in [0.15, 0.2) is 24.4 Å². The molecule has 1 aliphatic heterocycles. The van der Waals surface area contributed by atoms with Gasteiger partial charge in [0.2, 0.25) is 0 Å². The summed E-state index contributed by atoms with van der Waals surface area (Å²) in [6.07, 6.45) is 3.39. The van der Waals surface area contributed by atoms with E-state index in [0.717, 1.165) is 23.7 Å². The maximum Gasteiger partial charge on any atom is 0.196 e. The first-order valence-electron chi connectivity index (χ1n) is 6.34. The van der Waals surface area contributed by atoms with Crippen molar-refractivity contribution < 1.29 is 9.53 Å². The second-order valence-electron chi connectivity index (χ2n) is 5.09. The fourth-order valence-corrected chi connectivity index (χ4v) is 2.63. The summed E-state index contributed by atoms with van der Waals surface area (Å²) in [5, 5.41) is 9.72. The first kappa shape index (κ1) is 11.9. The van der Waals surface area contributed by atoms with Gasteiger partial charge < -0.3 is 9.72 Å². The highest BCUT2D eigenvalue weighted by Crippen LogP contribution is 2.31. The van der Waals surface area contributed by atoms with Gasteiger partial charge in [-0.1, -0.05) is 6.07 Å². The first-order chi connectivity index (χ1) is 9.14. The van der Waals surface area contributed by atoms with E-state index in [1.54, 1.807) is 18.3 Å². The zero-order valence-corrected chi connectivity index (χ0v) is 10.7. The maximum absolute atomic E-state index is 12.6. The fourth-order valence-electron chi connectivity index (χ4n) is 2.63. The number of Topliss-reactive ketones (excluding diaryl/α,β-unsaturated/α-hetero) is 1. The SMILES string of the molecule is CC1(C(=O)c2c[nH]c3cc(C#N)ccc23)CCCO1. The van der Waals surface area contributed by atoms with Crippen molar-refractivity contribution >= 4 is 16.7 Å². The Morgan fingerprint density at radius 1 is 1.53 bits per heavy atom. The number of hydrogen-bond acceptors (Lipinski definition) is 3. The van der Waals surface area contributed by atoms with Gasteiger partial charge in [-0.15, -0.1) is 0 Å².